The van der Waals surface area contributed by atoms with E-state index in [1.54, 1.807) is 20.8 Å². The number of hydrogen-bond donors (Lipinski definition) is 1. The van der Waals surface area contributed by atoms with Crippen LogP contribution in [0.4, 0.5) is 4.79 Å². The lowest BCUT2D eigenvalue weighted by Gasteiger charge is -2.34. The first kappa shape index (κ1) is 15.1. The Bertz CT molecular complexity index is 549. The van der Waals surface area contributed by atoms with Gasteiger partial charge in [-0.05, 0) is 27.2 Å². The van der Waals surface area contributed by atoms with E-state index >= 15 is 0 Å². The summed E-state index contributed by atoms with van der Waals surface area (Å²) in [4.78, 5) is 24.9. The second-order valence-electron chi connectivity index (χ2n) is 6.40. The van der Waals surface area contributed by atoms with Crippen LogP contribution in [0.2, 0.25) is 0 Å². The topological polar surface area (TPSA) is 101 Å². The maximum Gasteiger partial charge on any atom is 0.411 e. The Morgan fingerprint density at radius 1 is 1.35 bits per heavy atom. The van der Waals surface area contributed by atoms with Crippen molar-refractivity contribution in [3.8, 4) is 0 Å². The zero-order valence-electron chi connectivity index (χ0n) is 11.7. The molecule has 2 rings (SSSR count). The lowest BCUT2D eigenvalue weighted by atomic mass is 9.88. The van der Waals surface area contributed by atoms with Crippen LogP contribution in [-0.2, 0) is 19.4 Å². The first-order valence-corrected chi connectivity index (χ1v) is 8.24. The molecule has 0 radical (unpaired) electrons. The first-order chi connectivity index (χ1) is 8.98. The fourth-order valence-electron chi connectivity index (χ4n) is 2.98. The van der Waals surface area contributed by atoms with Crippen LogP contribution in [0.25, 0.3) is 0 Å². The van der Waals surface area contributed by atoms with E-state index < -0.39 is 44.7 Å². The van der Waals surface area contributed by atoms with E-state index in [2.05, 4.69) is 0 Å². The van der Waals surface area contributed by atoms with Crippen LogP contribution in [0.15, 0.2) is 0 Å². The van der Waals surface area contributed by atoms with Gasteiger partial charge in [0.2, 0.25) is 0 Å². The largest absolute Gasteiger partial charge is 0.479 e. The van der Waals surface area contributed by atoms with E-state index in [0.29, 0.717) is 6.42 Å². The number of rotatable bonds is 1. The minimum absolute atomic E-state index is 0.182. The smallest absolute Gasteiger partial charge is 0.411 e. The molecule has 0 bridgehead atoms. The Morgan fingerprint density at radius 3 is 2.45 bits per heavy atom. The molecule has 0 aliphatic carbocycles. The third kappa shape index (κ3) is 2.36. The molecule has 7 nitrogen and oxygen atoms in total. The van der Waals surface area contributed by atoms with Crippen molar-refractivity contribution in [3.05, 3.63) is 0 Å². The molecule has 114 valence electrons. The summed E-state index contributed by atoms with van der Waals surface area (Å²) in [7, 11) is -3.45. The van der Waals surface area contributed by atoms with Crippen LogP contribution >= 0.6 is 0 Å². The van der Waals surface area contributed by atoms with Gasteiger partial charge >= 0.3 is 12.1 Å². The van der Waals surface area contributed by atoms with Gasteiger partial charge < -0.3 is 9.84 Å². The van der Waals surface area contributed by atoms with Crippen LogP contribution in [0.3, 0.4) is 0 Å². The molecular weight excluding hydrogens is 286 g/mol. The third-order valence-corrected chi connectivity index (χ3v) is 5.53. The van der Waals surface area contributed by atoms with Gasteiger partial charge in [0.15, 0.2) is 15.4 Å². The molecule has 0 saturated carbocycles. The highest BCUT2D eigenvalue weighted by atomic mass is 32.2. The Labute approximate surface area is 117 Å². The van der Waals surface area contributed by atoms with Crippen LogP contribution < -0.4 is 0 Å². The molecule has 0 aromatic carbocycles. The van der Waals surface area contributed by atoms with Gasteiger partial charge in [-0.25, -0.2) is 18.0 Å². The van der Waals surface area contributed by atoms with Gasteiger partial charge in [-0.3, -0.25) is 4.90 Å². The summed E-state index contributed by atoms with van der Waals surface area (Å²) in [6.45, 7) is 5.24. The van der Waals surface area contributed by atoms with Crippen LogP contribution in [-0.4, -0.2) is 59.7 Å². The molecule has 20 heavy (non-hydrogen) atoms. The summed E-state index contributed by atoms with van der Waals surface area (Å²) in [5.41, 5.74) is -2.42. The normalized spacial score (nSPS) is 31.9. The van der Waals surface area contributed by atoms with Crippen molar-refractivity contribution in [2.24, 2.45) is 5.92 Å². The fourth-order valence-corrected chi connectivity index (χ4v) is 5.34. The zero-order valence-corrected chi connectivity index (χ0v) is 12.6. The van der Waals surface area contributed by atoms with Gasteiger partial charge in [0.1, 0.15) is 5.60 Å². The molecule has 2 heterocycles. The molecule has 1 N–H and O–H groups in total. The monoisotopic (exact) mass is 305 g/mol. The number of carbonyl (C=O) groups excluding carboxylic acids is 1. The summed E-state index contributed by atoms with van der Waals surface area (Å²) in [5.74, 6) is -2.54. The van der Waals surface area contributed by atoms with Crippen molar-refractivity contribution < 1.29 is 27.9 Å². The highest BCUT2D eigenvalue weighted by Gasteiger charge is 2.64. The van der Waals surface area contributed by atoms with E-state index in [9.17, 15) is 23.1 Å². The molecule has 2 fully saturated rings. The van der Waals surface area contributed by atoms with Crippen molar-refractivity contribution in [1.29, 1.82) is 0 Å². The minimum atomic E-state index is -3.45. The summed E-state index contributed by atoms with van der Waals surface area (Å²) in [6, 6.07) is 0. The predicted octanol–water partition coefficient (Wildman–Crippen LogP) is 0.495. The van der Waals surface area contributed by atoms with E-state index in [1.807, 2.05) is 0 Å². The number of nitrogens with zero attached hydrogens (tertiary/aromatic N) is 1. The first-order valence-electron chi connectivity index (χ1n) is 6.42. The molecule has 0 unspecified atom stereocenters. The fraction of sp³-hybridized carbons (Fsp3) is 0.833. The molecule has 2 atom stereocenters. The minimum Gasteiger partial charge on any atom is -0.479 e. The van der Waals surface area contributed by atoms with Crippen molar-refractivity contribution in [2.45, 2.75) is 38.3 Å². The van der Waals surface area contributed by atoms with E-state index in [-0.39, 0.29) is 12.3 Å². The number of hydrogen-bond acceptors (Lipinski definition) is 5. The summed E-state index contributed by atoms with van der Waals surface area (Å²) in [5, 5.41) is 9.51. The van der Waals surface area contributed by atoms with Crippen molar-refractivity contribution >= 4 is 21.9 Å². The van der Waals surface area contributed by atoms with Crippen molar-refractivity contribution in [1.82, 2.24) is 4.90 Å². The lowest BCUT2D eigenvalue weighted by Crippen LogP contribution is -2.58. The van der Waals surface area contributed by atoms with Crippen LogP contribution in [0.1, 0.15) is 27.2 Å². The molecule has 2 aliphatic rings. The van der Waals surface area contributed by atoms with Gasteiger partial charge in [-0.2, -0.15) is 0 Å². The Kier molecular flexibility index (Phi) is 3.27. The molecule has 2 aliphatic heterocycles. The Hall–Kier alpha value is -1.31. The summed E-state index contributed by atoms with van der Waals surface area (Å²) >= 11 is 0. The molecule has 0 spiro atoms. The number of aliphatic carboxylic acids is 1. The zero-order chi connectivity index (χ0) is 15.3. The number of amides is 1. The molecule has 1 amide bonds. The van der Waals surface area contributed by atoms with Crippen LogP contribution in [0, 0.1) is 5.92 Å². The number of fused-ring (bicyclic) bond motifs is 1. The average molecular weight is 305 g/mol. The molecular formula is C12H19NO6S. The van der Waals surface area contributed by atoms with Crippen molar-refractivity contribution in [2.75, 3.05) is 18.1 Å². The second-order valence-corrected chi connectivity index (χ2v) is 8.51. The van der Waals surface area contributed by atoms with Crippen LogP contribution in [0.5, 0.6) is 0 Å². The predicted molar refractivity (Wildman–Crippen MR) is 70.1 cm³/mol. The van der Waals surface area contributed by atoms with Gasteiger partial charge in [-0.15, -0.1) is 0 Å². The quantitative estimate of drug-likeness (QED) is 0.757. The SMILES string of the molecule is CC(C)(C)OC(=O)N1CC[C@@H]2CS(=O)(=O)C[C@@]21C(=O)O. The summed E-state index contributed by atoms with van der Waals surface area (Å²) < 4.78 is 28.7. The number of sulfone groups is 1. The highest BCUT2D eigenvalue weighted by molar-refractivity contribution is 7.91. The molecule has 2 saturated heterocycles. The average Bonchev–Trinajstić information content (AvgIpc) is 2.65. The molecule has 0 aromatic heterocycles. The Morgan fingerprint density at radius 2 is 1.95 bits per heavy atom. The molecule has 8 heteroatoms. The molecule has 0 aromatic rings. The van der Waals surface area contributed by atoms with Gasteiger partial charge in [0.25, 0.3) is 0 Å². The van der Waals surface area contributed by atoms with E-state index in [1.165, 1.54) is 0 Å². The maximum absolute atomic E-state index is 12.2. The van der Waals surface area contributed by atoms with E-state index in [0.717, 1.165) is 4.90 Å². The van der Waals surface area contributed by atoms with Gasteiger partial charge in [-0.1, -0.05) is 0 Å². The van der Waals surface area contributed by atoms with Gasteiger partial charge in [0, 0.05) is 12.5 Å². The van der Waals surface area contributed by atoms with Gasteiger partial charge in [0.05, 0.1) is 11.5 Å². The van der Waals surface area contributed by atoms with E-state index in [4.69, 9.17) is 4.74 Å². The number of carbonyl (C=O) groups is 2. The maximum atomic E-state index is 12.2. The third-order valence-electron chi connectivity index (χ3n) is 3.74. The Balaban J connectivity index is 2.35. The standard InChI is InChI=1S/C12H19NO6S/c1-11(2,3)19-10(16)13-5-4-8-6-20(17,18)7-12(8,13)9(14)15/h8H,4-7H2,1-3H3,(H,14,15)/t8-,12+/m1/s1. The number of likely N-dealkylation sites (tertiary alicyclic amines) is 1. The second kappa shape index (κ2) is 4.34. The summed E-state index contributed by atoms with van der Waals surface area (Å²) in [6.07, 6.45) is -0.399. The number of carboxylic acid groups (broad SMARTS) is 1. The number of carboxylic acids is 1. The highest BCUT2D eigenvalue weighted by Crippen LogP contribution is 2.43. The lowest BCUT2D eigenvalue weighted by molar-refractivity contribution is -0.149. The number of ether oxygens (including phenoxy) is 1. The van der Waals surface area contributed by atoms with Crippen molar-refractivity contribution in [3.63, 3.8) is 0 Å².